The van der Waals surface area contributed by atoms with Gasteiger partial charge in [0.25, 0.3) is 0 Å². The number of pyridine rings is 1. The summed E-state index contributed by atoms with van der Waals surface area (Å²) in [6, 6.07) is 10.4. The number of hydrogen-bond donors (Lipinski definition) is 0. The van der Waals surface area contributed by atoms with Gasteiger partial charge in [-0.2, -0.15) is 0 Å². The van der Waals surface area contributed by atoms with Gasteiger partial charge in [0.2, 0.25) is 0 Å². The van der Waals surface area contributed by atoms with Gasteiger partial charge in [0.15, 0.2) is 0 Å². The summed E-state index contributed by atoms with van der Waals surface area (Å²) >= 11 is 0. The standard InChI is InChI=1S/C13H13NO/c1-2-5-11-10(4-1)7-8-14-13(11)12-6-3-9-15-12/h1-2,4-5,7-8,12H,3,6,9H2/t12-/m1/s1. The molecule has 1 aliphatic heterocycles. The highest BCUT2D eigenvalue weighted by molar-refractivity contribution is 5.84. The molecular weight excluding hydrogens is 186 g/mol. The van der Waals surface area contributed by atoms with Gasteiger partial charge in [-0.25, -0.2) is 0 Å². The monoisotopic (exact) mass is 199 g/mol. The molecular formula is C13H13NO. The normalized spacial score (nSPS) is 20.9. The first-order valence-electron chi connectivity index (χ1n) is 5.40. The van der Waals surface area contributed by atoms with Crippen molar-refractivity contribution >= 4 is 10.8 Å². The topological polar surface area (TPSA) is 22.1 Å². The molecule has 1 saturated heterocycles. The Morgan fingerprint density at radius 3 is 3.00 bits per heavy atom. The first kappa shape index (κ1) is 8.86. The zero-order valence-corrected chi connectivity index (χ0v) is 8.52. The molecule has 1 aromatic carbocycles. The summed E-state index contributed by atoms with van der Waals surface area (Å²) in [7, 11) is 0. The summed E-state index contributed by atoms with van der Waals surface area (Å²) in [5, 5.41) is 2.48. The van der Waals surface area contributed by atoms with E-state index in [1.807, 2.05) is 12.3 Å². The second kappa shape index (κ2) is 3.63. The Bertz CT molecular complexity index is 469. The van der Waals surface area contributed by atoms with Gasteiger partial charge >= 0.3 is 0 Å². The van der Waals surface area contributed by atoms with Crippen molar-refractivity contribution in [1.29, 1.82) is 0 Å². The van der Waals surface area contributed by atoms with E-state index in [4.69, 9.17) is 4.74 Å². The van der Waals surface area contributed by atoms with E-state index in [1.165, 1.54) is 10.8 Å². The molecule has 2 heterocycles. The first-order valence-corrected chi connectivity index (χ1v) is 5.40. The molecule has 0 unspecified atom stereocenters. The fourth-order valence-electron chi connectivity index (χ4n) is 2.19. The van der Waals surface area contributed by atoms with Crippen LogP contribution in [0.2, 0.25) is 0 Å². The van der Waals surface area contributed by atoms with Crippen LogP contribution in [0.3, 0.4) is 0 Å². The summed E-state index contributed by atoms with van der Waals surface area (Å²) < 4.78 is 5.68. The maximum absolute atomic E-state index is 5.68. The molecule has 3 rings (SSSR count). The van der Waals surface area contributed by atoms with Gasteiger partial charge in [-0.3, -0.25) is 4.98 Å². The molecule has 1 fully saturated rings. The summed E-state index contributed by atoms with van der Waals surface area (Å²) in [5.41, 5.74) is 1.10. The molecule has 0 spiro atoms. The fraction of sp³-hybridized carbons (Fsp3) is 0.308. The average molecular weight is 199 g/mol. The molecule has 1 atom stereocenters. The fourth-order valence-corrected chi connectivity index (χ4v) is 2.19. The van der Waals surface area contributed by atoms with Crippen molar-refractivity contribution in [2.24, 2.45) is 0 Å². The lowest BCUT2D eigenvalue weighted by atomic mass is 10.1. The van der Waals surface area contributed by atoms with E-state index in [1.54, 1.807) is 0 Å². The predicted molar refractivity (Wildman–Crippen MR) is 59.7 cm³/mol. The van der Waals surface area contributed by atoms with E-state index in [0.717, 1.165) is 25.1 Å². The highest BCUT2D eigenvalue weighted by Gasteiger charge is 2.20. The molecule has 2 heteroatoms. The third-order valence-corrected chi connectivity index (χ3v) is 2.94. The van der Waals surface area contributed by atoms with Gasteiger partial charge in [0.05, 0.1) is 5.69 Å². The zero-order chi connectivity index (χ0) is 10.1. The van der Waals surface area contributed by atoms with Crippen molar-refractivity contribution < 1.29 is 4.74 Å². The van der Waals surface area contributed by atoms with Crippen molar-refractivity contribution in [2.75, 3.05) is 6.61 Å². The van der Waals surface area contributed by atoms with Gasteiger partial charge in [-0.05, 0) is 24.3 Å². The molecule has 0 N–H and O–H groups in total. The minimum atomic E-state index is 0.205. The van der Waals surface area contributed by atoms with Crippen molar-refractivity contribution in [1.82, 2.24) is 4.98 Å². The van der Waals surface area contributed by atoms with E-state index in [2.05, 4.69) is 29.2 Å². The number of aromatic nitrogens is 1. The molecule has 1 aliphatic rings. The Kier molecular flexibility index (Phi) is 2.14. The van der Waals surface area contributed by atoms with Crippen molar-refractivity contribution in [3.05, 3.63) is 42.2 Å². The molecule has 0 radical (unpaired) electrons. The SMILES string of the molecule is c1ccc2c([C@H]3CCCO3)nccc2c1. The van der Waals surface area contributed by atoms with Crippen LogP contribution in [0, 0.1) is 0 Å². The highest BCUT2D eigenvalue weighted by Crippen LogP contribution is 2.31. The smallest absolute Gasteiger partial charge is 0.100 e. The van der Waals surface area contributed by atoms with Gasteiger partial charge in [0, 0.05) is 18.2 Å². The van der Waals surface area contributed by atoms with Crippen LogP contribution in [0.4, 0.5) is 0 Å². The van der Waals surface area contributed by atoms with Crippen molar-refractivity contribution in [3.8, 4) is 0 Å². The van der Waals surface area contributed by atoms with Gasteiger partial charge in [-0.15, -0.1) is 0 Å². The second-order valence-corrected chi connectivity index (χ2v) is 3.92. The summed E-state index contributed by atoms with van der Waals surface area (Å²) in [5.74, 6) is 0. The van der Waals surface area contributed by atoms with E-state index in [9.17, 15) is 0 Å². The second-order valence-electron chi connectivity index (χ2n) is 3.92. The van der Waals surface area contributed by atoms with Gasteiger partial charge < -0.3 is 4.74 Å². The molecule has 0 amide bonds. The molecule has 76 valence electrons. The van der Waals surface area contributed by atoms with Crippen molar-refractivity contribution in [2.45, 2.75) is 18.9 Å². The van der Waals surface area contributed by atoms with Crippen LogP contribution in [0.25, 0.3) is 10.8 Å². The number of hydrogen-bond acceptors (Lipinski definition) is 2. The van der Waals surface area contributed by atoms with Crippen LogP contribution in [0.5, 0.6) is 0 Å². The quantitative estimate of drug-likeness (QED) is 0.704. The van der Waals surface area contributed by atoms with Crippen LogP contribution in [0.15, 0.2) is 36.5 Å². The van der Waals surface area contributed by atoms with E-state index in [-0.39, 0.29) is 6.10 Å². The Morgan fingerprint density at radius 2 is 2.13 bits per heavy atom. The summed E-state index contributed by atoms with van der Waals surface area (Å²) in [6.45, 7) is 0.871. The third-order valence-electron chi connectivity index (χ3n) is 2.94. The zero-order valence-electron chi connectivity index (χ0n) is 8.52. The molecule has 15 heavy (non-hydrogen) atoms. The first-order chi connectivity index (χ1) is 7.45. The predicted octanol–water partition coefficient (Wildman–Crippen LogP) is 3.09. The third kappa shape index (κ3) is 1.51. The molecule has 0 aliphatic carbocycles. The minimum absolute atomic E-state index is 0.205. The van der Waals surface area contributed by atoms with Gasteiger partial charge in [0.1, 0.15) is 6.10 Å². The number of fused-ring (bicyclic) bond motifs is 1. The Balaban J connectivity index is 2.16. The van der Waals surface area contributed by atoms with Crippen LogP contribution in [0.1, 0.15) is 24.6 Å². The lowest BCUT2D eigenvalue weighted by molar-refractivity contribution is 0.110. The Morgan fingerprint density at radius 1 is 1.20 bits per heavy atom. The van der Waals surface area contributed by atoms with Crippen LogP contribution >= 0.6 is 0 Å². The van der Waals surface area contributed by atoms with E-state index in [0.29, 0.717) is 0 Å². The molecule has 1 aromatic heterocycles. The molecule has 2 aromatic rings. The number of nitrogens with zero attached hydrogens (tertiary/aromatic N) is 1. The Hall–Kier alpha value is -1.41. The maximum Gasteiger partial charge on any atom is 0.100 e. The highest BCUT2D eigenvalue weighted by atomic mass is 16.5. The molecule has 2 nitrogen and oxygen atoms in total. The molecule has 0 saturated carbocycles. The van der Waals surface area contributed by atoms with Gasteiger partial charge in [-0.1, -0.05) is 24.3 Å². The minimum Gasteiger partial charge on any atom is -0.372 e. The summed E-state index contributed by atoms with van der Waals surface area (Å²) in [4.78, 5) is 4.46. The molecule has 0 bridgehead atoms. The van der Waals surface area contributed by atoms with Crippen LogP contribution in [-0.2, 0) is 4.74 Å². The van der Waals surface area contributed by atoms with Crippen LogP contribution < -0.4 is 0 Å². The van der Waals surface area contributed by atoms with Crippen molar-refractivity contribution in [3.63, 3.8) is 0 Å². The average Bonchev–Trinajstić information content (AvgIpc) is 2.82. The van der Waals surface area contributed by atoms with E-state index >= 15 is 0 Å². The largest absolute Gasteiger partial charge is 0.372 e. The number of benzene rings is 1. The van der Waals surface area contributed by atoms with Crippen LogP contribution in [-0.4, -0.2) is 11.6 Å². The maximum atomic E-state index is 5.68. The Labute approximate surface area is 88.9 Å². The number of rotatable bonds is 1. The number of ether oxygens (including phenoxy) is 1. The lowest BCUT2D eigenvalue weighted by Crippen LogP contribution is -1.99. The summed E-state index contributed by atoms with van der Waals surface area (Å²) in [6.07, 6.45) is 4.33. The lowest BCUT2D eigenvalue weighted by Gasteiger charge is -2.11. The van der Waals surface area contributed by atoms with E-state index < -0.39 is 0 Å².